The highest BCUT2D eigenvalue weighted by atomic mass is 32.2. The van der Waals surface area contributed by atoms with Crippen LogP contribution < -0.4 is 0 Å². The molecule has 0 unspecified atom stereocenters. The molecular formula is C12H20N2O2S. The van der Waals surface area contributed by atoms with Gasteiger partial charge in [-0.25, -0.2) is 17.4 Å². The lowest BCUT2D eigenvalue weighted by atomic mass is 10.0. The van der Waals surface area contributed by atoms with Gasteiger partial charge in [-0.2, -0.15) is 0 Å². The predicted molar refractivity (Wildman–Crippen MR) is 67.5 cm³/mol. The van der Waals surface area contributed by atoms with Crippen LogP contribution in [0.5, 0.6) is 0 Å². The van der Waals surface area contributed by atoms with E-state index in [-0.39, 0.29) is 11.2 Å². The van der Waals surface area contributed by atoms with Crippen molar-refractivity contribution in [3.05, 3.63) is 18.2 Å². The van der Waals surface area contributed by atoms with Gasteiger partial charge >= 0.3 is 0 Å². The topological polar surface area (TPSA) is 52.0 Å². The molecule has 0 aliphatic heterocycles. The lowest BCUT2D eigenvalue weighted by Gasteiger charge is -2.23. The summed E-state index contributed by atoms with van der Waals surface area (Å²) in [4.78, 5) is 4.16. The molecule has 0 aromatic carbocycles. The molecule has 2 rings (SSSR count). The van der Waals surface area contributed by atoms with E-state index in [2.05, 4.69) is 4.98 Å². The van der Waals surface area contributed by atoms with Gasteiger partial charge in [-0.1, -0.05) is 33.1 Å². The zero-order valence-corrected chi connectivity index (χ0v) is 11.3. The molecule has 0 atom stereocenters. The molecule has 0 saturated heterocycles. The summed E-state index contributed by atoms with van der Waals surface area (Å²) < 4.78 is 26.4. The SMILES string of the molecule is CC(C)c1nccn1S(=O)(=O)C1CCCCC1. The highest BCUT2D eigenvalue weighted by molar-refractivity contribution is 7.90. The molecule has 96 valence electrons. The van der Waals surface area contributed by atoms with Crippen LogP contribution in [0.1, 0.15) is 57.7 Å². The van der Waals surface area contributed by atoms with E-state index in [1.807, 2.05) is 13.8 Å². The molecule has 0 spiro atoms. The monoisotopic (exact) mass is 256 g/mol. The fraction of sp³-hybridized carbons (Fsp3) is 0.750. The first kappa shape index (κ1) is 12.6. The maximum Gasteiger partial charge on any atom is 0.242 e. The standard InChI is InChI=1S/C12H20N2O2S/c1-10(2)12-13-8-9-14(12)17(15,16)11-6-4-3-5-7-11/h8-11H,3-7H2,1-2H3. The van der Waals surface area contributed by atoms with Gasteiger partial charge < -0.3 is 0 Å². The van der Waals surface area contributed by atoms with Crippen molar-refractivity contribution in [2.75, 3.05) is 0 Å². The van der Waals surface area contributed by atoms with Gasteiger partial charge in [-0.3, -0.25) is 0 Å². The fourth-order valence-corrected chi connectivity index (χ4v) is 4.44. The Morgan fingerprint density at radius 2 is 1.94 bits per heavy atom. The quantitative estimate of drug-likeness (QED) is 0.835. The molecule has 1 aliphatic carbocycles. The summed E-state index contributed by atoms with van der Waals surface area (Å²) in [7, 11) is -3.24. The van der Waals surface area contributed by atoms with E-state index < -0.39 is 10.0 Å². The van der Waals surface area contributed by atoms with Crippen LogP contribution >= 0.6 is 0 Å². The number of hydrogen-bond acceptors (Lipinski definition) is 3. The average molecular weight is 256 g/mol. The lowest BCUT2D eigenvalue weighted by Crippen LogP contribution is -2.30. The van der Waals surface area contributed by atoms with Crippen molar-refractivity contribution in [3.63, 3.8) is 0 Å². The summed E-state index contributed by atoms with van der Waals surface area (Å²) in [6, 6.07) is 0. The Kier molecular flexibility index (Phi) is 3.56. The van der Waals surface area contributed by atoms with E-state index >= 15 is 0 Å². The Hall–Kier alpha value is -0.840. The van der Waals surface area contributed by atoms with Crippen LogP contribution in [-0.2, 0) is 10.0 Å². The molecule has 0 radical (unpaired) electrons. The van der Waals surface area contributed by atoms with Crippen molar-refractivity contribution >= 4 is 10.0 Å². The van der Waals surface area contributed by atoms with Gasteiger partial charge in [0.2, 0.25) is 10.0 Å². The third kappa shape index (κ3) is 2.39. The molecule has 17 heavy (non-hydrogen) atoms. The minimum Gasteiger partial charge on any atom is -0.240 e. The molecule has 1 fully saturated rings. The highest BCUT2D eigenvalue weighted by Crippen LogP contribution is 2.26. The Morgan fingerprint density at radius 3 is 2.53 bits per heavy atom. The molecule has 5 heteroatoms. The van der Waals surface area contributed by atoms with Gasteiger partial charge in [-0.15, -0.1) is 0 Å². The zero-order valence-electron chi connectivity index (χ0n) is 10.5. The summed E-state index contributed by atoms with van der Waals surface area (Å²) in [6.07, 6.45) is 7.95. The normalized spacial score (nSPS) is 18.8. The van der Waals surface area contributed by atoms with Crippen LogP contribution in [0.4, 0.5) is 0 Å². The van der Waals surface area contributed by atoms with Crippen LogP contribution in [-0.4, -0.2) is 22.6 Å². The fourth-order valence-electron chi connectivity index (χ4n) is 2.45. The lowest BCUT2D eigenvalue weighted by molar-refractivity contribution is 0.478. The van der Waals surface area contributed by atoms with Gasteiger partial charge in [-0.05, 0) is 12.8 Å². The molecule has 1 aromatic heterocycles. The van der Waals surface area contributed by atoms with Gasteiger partial charge in [0.15, 0.2) is 0 Å². The second-order valence-corrected chi connectivity index (χ2v) is 7.13. The van der Waals surface area contributed by atoms with Gasteiger partial charge in [0, 0.05) is 18.3 Å². The largest absolute Gasteiger partial charge is 0.242 e. The van der Waals surface area contributed by atoms with Crippen LogP contribution in [0.25, 0.3) is 0 Å². The molecular weight excluding hydrogens is 236 g/mol. The van der Waals surface area contributed by atoms with Crippen LogP contribution in [0.15, 0.2) is 12.4 Å². The van der Waals surface area contributed by atoms with Crippen LogP contribution in [0.2, 0.25) is 0 Å². The number of hydrogen-bond donors (Lipinski definition) is 0. The van der Waals surface area contributed by atoms with E-state index in [1.54, 1.807) is 12.4 Å². The minimum atomic E-state index is -3.24. The predicted octanol–water partition coefficient (Wildman–Crippen LogP) is 2.52. The first-order valence-corrected chi connectivity index (χ1v) is 7.81. The van der Waals surface area contributed by atoms with Crippen LogP contribution in [0, 0.1) is 0 Å². The van der Waals surface area contributed by atoms with E-state index in [9.17, 15) is 8.42 Å². The first-order chi connectivity index (χ1) is 8.03. The third-order valence-corrected chi connectivity index (χ3v) is 5.57. The highest BCUT2D eigenvalue weighted by Gasteiger charge is 2.30. The molecule has 1 aromatic rings. The Morgan fingerprint density at radius 1 is 1.29 bits per heavy atom. The molecule has 0 bridgehead atoms. The maximum absolute atomic E-state index is 12.5. The summed E-state index contributed by atoms with van der Waals surface area (Å²) in [6.45, 7) is 3.93. The van der Waals surface area contributed by atoms with Crippen molar-refractivity contribution in [2.24, 2.45) is 0 Å². The summed E-state index contributed by atoms with van der Waals surface area (Å²) in [5.41, 5.74) is 0. The molecule has 1 heterocycles. The second kappa shape index (κ2) is 4.80. The van der Waals surface area contributed by atoms with Crippen molar-refractivity contribution in [1.29, 1.82) is 0 Å². The number of rotatable bonds is 3. The van der Waals surface area contributed by atoms with Gasteiger partial charge in [0.05, 0.1) is 5.25 Å². The molecule has 1 saturated carbocycles. The van der Waals surface area contributed by atoms with Crippen molar-refractivity contribution in [3.8, 4) is 0 Å². The summed E-state index contributed by atoms with van der Waals surface area (Å²) in [5.74, 6) is 0.777. The average Bonchev–Trinajstić information content (AvgIpc) is 2.80. The zero-order chi connectivity index (χ0) is 12.5. The second-order valence-electron chi connectivity index (χ2n) is 5.04. The first-order valence-electron chi connectivity index (χ1n) is 6.31. The smallest absolute Gasteiger partial charge is 0.240 e. The summed E-state index contributed by atoms with van der Waals surface area (Å²) in [5, 5.41) is -0.219. The van der Waals surface area contributed by atoms with E-state index in [4.69, 9.17) is 0 Å². The molecule has 1 aliphatic rings. The van der Waals surface area contributed by atoms with Crippen molar-refractivity contribution < 1.29 is 8.42 Å². The molecule has 4 nitrogen and oxygen atoms in total. The maximum atomic E-state index is 12.5. The summed E-state index contributed by atoms with van der Waals surface area (Å²) >= 11 is 0. The number of aromatic nitrogens is 2. The van der Waals surface area contributed by atoms with Gasteiger partial charge in [0.25, 0.3) is 0 Å². The van der Waals surface area contributed by atoms with E-state index in [0.717, 1.165) is 32.1 Å². The Bertz CT molecular complexity index is 470. The number of imidazole rings is 1. The van der Waals surface area contributed by atoms with Gasteiger partial charge in [0.1, 0.15) is 5.82 Å². The van der Waals surface area contributed by atoms with Crippen molar-refractivity contribution in [2.45, 2.75) is 57.1 Å². The van der Waals surface area contributed by atoms with E-state index in [0.29, 0.717) is 5.82 Å². The number of nitrogens with zero attached hydrogens (tertiary/aromatic N) is 2. The van der Waals surface area contributed by atoms with Crippen LogP contribution in [0.3, 0.4) is 0 Å². The Balaban J connectivity index is 2.33. The van der Waals surface area contributed by atoms with E-state index in [1.165, 1.54) is 3.97 Å². The van der Waals surface area contributed by atoms with Crippen molar-refractivity contribution in [1.82, 2.24) is 8.96 Å². The Labute approximate surface area is 103 Å². The third-order valence-electron chi connectivity index (χ3n) is 3.40. The minimum absolute atomic E-state index is 0.128. The molecule has 0 N–H and O–H groups in total. The molecule has 0 amide bonds.